The SMILES string of the molecule is CCCCCC/C=C\C=C/CCCCCCCC(=O)O[C@H](COC(=O)CCCCCC[C@H]1[C@@H](O)CC(=O)[C@@H]1/C=C/[C@@H](O)CCCCC)COP(=O)(O)OC[C@@H](O)COP(=O)(O)O. The van der Waals surface area contributed by atoms with E-state index in [0.29, 0.717) is 32.1 Å². The van der Waals surface area contributed by atoms with Gasteiger partial charge in [0, 0.05) is 25.2 Å². The molecule has 0 aromatic carbocycles. The second-order valence-corrected chi connectivity index (χ2v) is 18.8. The Morgan fingerprint density at radius 2 is 1.26 bits per heavy atom. The number of ketones is 1. The lowest BCUT2D eigenvalue weighted by Crippen LogP contribution is -2.30. The fraction of sp³-hybridized carbons (Fsp3) is 0.795. The first-order valence-electron chi connectivity index (χ1n) is 22.8. The molecule has 18 heteroatoms. The first-order chi connectivity index (χ1) is 29.6. The van der Waals surface area contributed by atoms with Gasteiger partial charge >= 0.3 is 27.6 Å². The fourth-order valence-corrected chi connectivity index (χ4v) is 8.05. The van der Waals surface area contributed by atoms with E-state index < -0.39 is 84.3 Å². The quantitative estimate of drug-likeness (QED) is 0.0112. The molecule has 62 heavy (non-hydrogen) atoms. The van der Waals surface area contributed by atoms with Crippen molar-refractivity contribution in [3.05, 3.63) is 36.5 Å². The number of phosphoric acid groups is 2. The van der Waals surface area contributed by atoms with E-state index in [1.54, 1.807) is 12.2 Å². The van der Waals surface area contributed by atoms with Crippen molar-refractivity contribution in [2.75, 3.05) is 26.4 Å². The lowest BCUT2D eigenvalue weighted by atomic mass is 9.88. The molecule has 16 nitrogen and oxygen atoms in total. The van der Waals surface area contributed by atoms with E-state index in [4.69, 9.17) is 23.8 Å². The first kappa shape index (κ1) is 57.9. The molecule has 0 aliphatic heterocycles. The molecule has 1 fully saturated rings. The van der Waals surface area contributed by atoms with Gasteiger partial charge in [-0.1, -0.05) is 127 Å². The van der Waals surface area contributed by atoms with Gasteiger partial charge in [-0.25, -0.2) is 9.13 Å². The van der Waals surface area contributed by atoms with Crippen LogP contribution >= 0.6 is 15.6 Å². The smallest absolute Gasteiger partial charge is 0.462 e. The lowest BCUT2D eigenvalue weighted by molar-refractivity contribution is -0.161. The number of esters is 2. The van der Waals surface area contributed by atoms with E-state index in [2.05, 4.69) is 47.2 Å². The van der Waals surface area contributed by atoms with Crippen LogP contribution in [-0.2, 0) is 46.6 Å². The summed E-state index contributed by atoms with van der Waals surface area (Å²) in [6.07, 6.45) is 26.1. The number of allylic oxidation sites excluding steroid dienone is 5. The molecule has 7 atom stereocenters. The highest BCUT2D eigenvalue weighted by atomic mass is 31.2. The van der Waals surface area contributed by atoms with Gasteiger partial charge in [0.1, 0.15) is 18.5 Å². The summed E-state index contributed by atoms with van der Waals surface area (Å²) in [7, 11) is -9.77. The molecular formula is C44H78O16P2. The average molecular weight is 925 g/mol. The Bertz CT molecular complexity index is 1400. The molecule has 0 aromatic heterocycles. The minimum Gasteiger partial charge on any atom is -0.462 e. The van der Waals surface area contributed by atoms with Gasteiger partial charge in [0.15, 0.2) is 6.10 Å². The van der Waals surface area contributed by atoms with Crippen LogP contribution in [0.2, 0.25) is 0 Å². The van der Waals surface area contributed by atoms with E-state index >= 15 is 0 Å². The molecule has 6 N–H and O–H groups in total. The molecule has 0 spiro atoms. The second-order valence-electron chi connectivity index (χ2n) is 16.1. The van der Waals surface area contributed by atoms with Crippen molar-refractivity contribution < 1.29 is 76.6 Å². The molecule has 1 saturated carbocycles. The van der Waals surface area contributed by atoms with E-state index in [0.717, 1.165) is 70.6 Å². The van der Waals surface area contributed by atoms with Crippen molar-refractivity contribution in [3.8, 4) is 0 Å². The topological polar surface area (TPSA) is 253 Å². The molecule has 0 amide bonds. The zero-order chi connectivity index (χ0) is 46.1. The normalized spacial score (nSPS) is 19.7. The Labute approximate surface area is 369 Å². The zero-order valence-corrected chi connectivity index (χ0v) is 39.0. The number of ether oxygens (including phenoxy) is 2. The van der Waals surface area contributed by atoms with Gasteiger partial charge < -0.3 is 39.5 Å². The van der Waals surface area contributed by atoms with Gasteiger partial charge in [-0.2, -0.15) is 0 Å². The molecule has 1 unspecified atom stereocenters. The third-order valence-corrected chi connectivity index (χ3v) is 11.9. The predicted octanol–water partition coefficient (Wildman–Crippen LogP) is 8.26. The van der Waals surface area contributed by atoms with Crippen LogP contribution in [0.15, 0.2) is 36.5 Å². The second kappa shape index (κ2) is 35.2. The van der Waals surface area contributed by atoms with Gasteiger partial charge in [-0.05, 0) is 57.3 Å². The highest BCUT2D eigenvalue weighted by Gasteiger charge is 2.39. The fourth-order valence-electron chi connectivity index (χ4n) is 6.89. The number of Topliss-reactive ketones (excluding diaryl/α,β-unsaturated/α-hetero) is 1. The van der Waals surface area contributed by atoms with Crippen LogP contribution in [0.5, 0.6) is 0 Å². The maximum atomic E-state index is 12.7. The van der Waals surface area contributed by atoms with Gasteiger partial charge in [-0.3, -0.25) is 28.0 Å². The summed E-state index contributed by atoms with van der Waals surface area (Å²) in [6, 6.07) is 0. The third-order valence-electron chi connectivity index (χ3n) is 10.4. The minimum atomic E-state index is -4.90. The van der Waals surface area contributed by atoms with E-state index in [1.807, 2.05) is 0 Å². The van der Waals surface area contributed by atoms with E-state index in [9.17, 15) is 43.7 Å². The van der Waals surface area contributed by atoms with Gasteiger partial charge in [0.2, 0.25) is 0 Å². The number of aliphatic hydroxyl groups excluding tert-OH is 3. The van der Waals surface area contributed by atoms with Crippen molar-refractivity contribution in [2.24, 2.45) is 11.8 Å². The Hall–Kier alpha value is -2.07. The number of rotatable bonds is 39. The van der Waals surface area contributed by atoms with Crippen LogP contribution in [-0.4, -0.2) is 98.6 Å². The van der Waals surface area contributed by atoms with Crippen LogP contribution in [0.25, 0.3) is 0 Å². The molecular weight excluding hydrogens is 846 g/mol. The first-order valence-corrected chi connectivity index (χ1v) is 25.8. The summed E-state index contributed by atoms with van der Waals surface area (Å²) >= 11 is 0. The zero-order valence-electron chi connectivity index (χ0n) is 37.2. The Morgan fingerprint density at radius 1 is 0.710 bits per heavy atom. The molecule has 1 aliphatic carbocycles. The van der Waals surface area contributed by atoms with Gasteiger partial charge in [0.05, 0.1) is 32.0 Å². The van der Waals surface area contributed by atoms with E-state index in [-0.39, 0.29) is 31.0 Å². The molecule has 0 heterocycles. The predicted molar refractivity (Wildman–Crippen MR) is 236 cm³/mol. The van der Waals surface area contributed by atoms with Crippen LogP contribution in [0, 0.1) is 11.8 Å². The molecule has 0 saturated heterocycles. The molecule has 1 aliphatic rings. The summed E-state index contributed by atoms with van der Waals surface area (Å²) < 4.78 is 47.8. The number of carbonyl (C=O) groups excluding carboxylic acids is 3. The number of hydrogen-bond acceptors (Lipinski definition) is 13. The lowest BCUT2D eigenvalue weighted by Gasteiger charge is -2.20. The Kier molecular flexibility index (Phi) is 32.9. The third kappa shape index (κ3) is 31.7. The monoisotopic (exact) mass is 924 g/mol. The van der Waals surface area contributed by atoms with E-state index in [1.165, 1.54) is 25.7 Å². The minimum absolute atomic E-state index is 0.0303. The van der Waals surface area contributed by atoms with Crippen LogP contribution in [0.3, 0.4) is 0 Å². The molecule has 0 aromatic rings. The summed E-state index contributed by atoms with van der Waals surface area (Å²) in [5.41, 5.74) is 0. The molecule has 360 valence electrons. The maximum Gasteiger partial charge on any atom is 0.472 e. The standard InChI is InChI=1S/C44H78O16P2/c1-3-5-7-8-9-10-11-12-13-14-15-16-17-18-24-28-44(50)60-38(35-59-62(54,55)58-33-37(46)32-57-61(51,52)53)34-56-43(49)27-23-20-19-22-26-39-40(42(48)31-41(39)47)30-29-36(45)25-21-6-4-2/h10-13,29-30,36-41,45-47H,3-9,14-28,31-35H2,1-2H3,(H,54,55)(H2,51,52,53)/b11-10-,13-12-,30-29+/t36-,37-,38+,39+,40+,41-/m0/s1. The Balaban J connectivity index is 2.54. The van der Waals surface area contributed by atoms with Crippen molar-refractivity contribution in [3.63, 3.8) is 0 Å². The van der Waals surface area contributed by atoms with Gasteiger partial charge in [0.25, 0.3) is 0 Å². The van der Waals surface area contributed by atoms with Crippen molar-refractivity contribution in [1.82, 2.24) is 0 Å². The summed E-state index contributed by atoms with van der Waals surface area (Å²) in [6.45, 7) is 1.35. The number of unbranched alkanes of at least 4 members (excludes halogenated alkanes) is 14. The van der Waals surface area contributed by atoms with Crippen LogP contribution in [0.4, 0.5) is 0 Å². The van der Waals surface area contributed by atoms with Crippen molar-refractivity contribution in [1.29, 1.82) is 0 Å². The molecule has 1 rings (SSSR count). The van der Waals surface area contributed by atoms with Crippen LogP contribution in [0.1, 0.15) is 162 Å². The Morgan fingerprint density at radius 3 is 1.90 bits per heavy atom. The number of aliphatic hydroxyl groups is 3. The number of hydrogen-bond donors (Lipinski definition) is 6. The molecule has 0 radical (unpaired) electrons. The van der Waals surface area contributed by atoms with Crippen LogP contribution < -0.4 is 0 Å². The highest BCUT2D eigenvalue weighted by Crippen LogP contribution is 2.44. The van der Waals surface area contributed by atoms with Crippen molar-refractivity contribution in [2.45, 2.75) is 186 Å². The maximum absolute atomic E-state index is 12.7. The van der Waals surface area contributed by atoms with Crippen molar-refractivity contribution >= 4 is 33.4 Å². The average Bonchev–Trinajstić information content (AvgIpc) is 3.49. The highest BCUT2D eigenvalue weighted by molar-refractivity contribution is 7.47. The summed E-state index contributed by atoms with van der Waals surface area (Å²) in [5.74, 6) is -1.89. The largest absolute Gasteiger partial charge is 0.472 e. The number of phosphoric ester groups is 2. The molecule has 0 bridgehead atoms. The summed E-state index contributed by atoms with van der Waals surface area (Å²) in [5, 5.41) is 30.5. The summed E-state index contributed by atoms with van der Waals surface area (Å²) in [4.78, 5) is 65.5. The number of carbonyl (C=O) groups is 3. The van der Waals surface area contributed by atoms with Gasteiger partial charge in [-0.15, -0.1) is 0 Å².